The SMILES string of the molecule is C=C/C=C\C(=C/C)c1ccc2[nH]cc(-c3cc(=O)n4c(n3)N(C(C)C)C(C)(C)C4)c2c1. The third kappa shape index (κ3) is 3.54. The first-order chi connectivity index (χ1) is 14.8. The summed E-state index contributed by atoms with van der Waals surface area (Å²) in [5, 5.41) is 1.05. The third-order valence-corrected chi connectivity index (χ3v) is 5.93. The molecule has 160 valence electrons. The van der Waals surface area contributed by atoms with Crippen LogP contribution in [0, 0.1) is 0 Å². The number of aromatic amines is 1. The number of benzene rings is 1. The average molecular weight is 415 g/mol. The Morgan fingerprint density at radius 3 is 2.74 bits per heavy atom. The number of anilines is 1. The van der Waals surface area contributed by atoms with E-state index in [9.17, 15) is 4.79 Å². The highest BCUT2D eigenvalue weighted by Gasteiger charge is 2.39. The first-order valence-corrected chi connectivity index (χ1v) is 10.8. The summed E-state index contributed by atoms with van der Waals surface area (Å²) in [4.78, 5) is 23.6. The number of rotatable bonds is 5. The Balaban J connectivity index is 1.87. The van der Waals surface area contributed by atoms with Gasteiger partial charge in [-0.2, -0.15) is 0 Å². The molecule has 0 aliphatic carbocycles. The molecule has 0 radical (unpaired) electrons. The second-order valence-corrected chi connectivity index (χ2v) is 8.94. The molecule has 3 heterocycles. The first-order valence-electron chi connectivity index (χ1n) is 10.8. The van der Waals surface area contributed by atoms with Crippen molar-refractivity contribution >= 4 is 22.4 Å². The van der Waals surface area contributed by atoms with Gasteiger partial charge in [-0.05, 0) is 57.9 Å². The number of H-pyrrole nitrogens is 1. The van der Waals surface area contributed by atoms with Crippen LogP contribution in [0.15, 0.2) is 66.1 Å². The van der Waals surface area contributed by atoms with Crippen LogP contribution in [0.25, 0.3) is 27.7 Å². The van der Waals surface area contributed by atoms with Crippen LogP contribution in [-0.4, -0.2) is 26.1 Å². The molecule has 3 aromatic rings. The van der Waals surface area contributed by atoms with Gasteiger partial charge < -0.3 is 9.88 Å². The van der Waals surface area contributed by atoms with Crippen molar-refractivity contribution in [3.05, 3.63) is 77.3 Å². The van der Waals surface area contributed by atoms with Crippen LogP contribution in [-0.2, 0) is 6.54 Å². The number of nitrogens with zero attached hydrogens (tertiary/aromatic N) is 3. The summed E-state index contributed by atoms with van der Waals surface area (Å²) in [7, 11) is 0. The van der Waals surface area contributed by atoms with Gasteiger partial charge in [0.25, 0.3) is 5.56 Å². The molecule has 0 bridgehead atoms. The summed E-state index contributed by atoms with van der Waals surface area (Å²) in [5.41, 5.74) is 4.72. The van der Waals surface area contributed by atoms with E-state index in [1.54, 1.807) is 16.7 Å². The van der Waals surface area contributed by atoms with Gasteiger partial charge in [-0.15, -0.1) is 0 Å². The van der Waals surface area contributed by atoms with E-state index in [0.29, 0.717) is 12.2 Å². The van der Waals surface area contributed by atoms with Gasteiger partial charge in [0, 0.05) is 34.8 Å². The van der Waals surface area contributed by atoms with Gasteiger partial charge in [0.1, 0.15) is 0 Å². The standard InChI is InChI=1S/C26H30N4O/c1-7-9-10-18(8-2)19-11-12-22-20(13-19)21(15-27-22)23-14-24(31)29-16-26(5,6)30(17(3)4)25(29)28-23/h7-15,17,27H,1,16H2,2-6H3/b10-9-,18-8+. The summed E-state index contributed by atoms with van der Waals surface area (Å²) in [6.07, 6.45) is 9.78. The molecule has 5 heteroatoms. The molecule has 0 saturated carbocycles. The molecule has 0 unspecified atom stereocenters. The maximum atomic E-state index is 13.0. The van der Waals surface area contributed by atoms with Crippen molar-refractivity contribution in [2.45, 2.75) is 52.7 Å². The van der Waals surface area contributed by atoms with E-state index >= 15 is 0 Å². The minimum atomic E-state index is -0.155. The van der Waals surface area contributed by atoms with Gasteiger partial charge >= 0.3 is 0 Å². The molecule has 0 amide bonds. The molecule has 1 aliphatic rings. The fourth-order valence-corrected chi connectivity index (χ4v) is 4.67. The van der Waals surface area contributed by atoms with Gasteiger partial charge in [-0.1, -0.05) is 36.9 Å². The van der Waals surface area contributed by atoms with Crippen LogP contribution in [0.4, 0.5) is 5.95 Å². The Labute approximate surface area is 183 Å². The van der Waals surface area contributed by atoms with Crippen LogP contribution in [0.2, 0.25) is 0 Å². The number of fused-ring (bicyclic) bond motifs is 2. The smallest absolute Gasteiger partial charge is 0.255 e. The Kier molecular flexibility index (Phi) is 5.21. The predicted octanol–water partition coefficient (Wildman–Crippen LogP) is 5.54. The monoisotopic (exact) mass is 414 g/mol. The fraction of sp³-hybridized carbons (Fsp3) is 0.308. The molecule has 0 spiro atoms. The normalized spacial score (nSPS) is 15.9. The van der Waals surface area contributed by atoms with Gasteiger partial charge in [-0.3, -0.25) is 9.36 Å². The first kappa shape index (κ1) is 20.9. The maximum Gasteiger partial charge on any atom is 0.255 e. The summed E-state index contributed by atoms with van der Waals surface area (Å²) in [5.74, 6) is 0.746. The number of hydrogen-bond donors (Lipinski definition) is 1. The largest absolute Gasteiger partial charge is 0.360 e. The predicted molar refractivity (Wildman–Crippen MR) is 130 cm³/mol. The summed E-state index contributed by atoms with van der Waals surface area (Å²) < 4.78 is 1.79. The van der Waals surface area contributed by atoms with E-state index in [1.165, 1.54) is 0 Å². The zero-order chi connectivity index (χ0) is 22.3. The van der Waals surface area contributed by atoms with Crippen molar-refractivity contribution in [2.24, 2.45) is 0 Å². The van der Waals surface area contributed by atoms with E-state index in [-0.39, 0.29) is 17.1 Å². The lowest BCUT2D eigenvalue weighted by molar-refractivity contribution is 0.425. The van der Waals surface area contributed by atoms with Crippen molar-refractivity contribution in [2.75, 3.05) is 4.90 Å². The molecule has 1 aromatic carbocycles. The number of allylic oxidation sites excluding steroid dienone is 5. The lowest BCUT2D eigenvalue weighted by atomic mass is 10.0. The van der Waals surface area contributed by atoms with Gasteiger partial charge in [0.2, 0.25) is 5.95 Å². The van der Waals surface area contributed by atoms with E-state index in [4.69, 9.17) is 4.98 Å². The summed E-state index contributed by atoms with van der Waals surface area (Å²) in [6.45, 7) is 15.0. The molecular formula is C26H30N4O. The molecule has 5 nitrogen and oxygen atoms in total. The zero-order valence-electron chi connectivity index (χ0n) is 18.9. The van der Waals surface area contributed by atoms with E-state index in [2.05, 4.69) is 68.4 Å². The molecule has 1 aliphatic heterocycles. The second kappa shape index (κ2) is 7.73. The Hall–Kier alpha value is -3.34. The quantitative estimate of drug-likeness (QED) is 0.557. The van der Waals surface area contributed by atoms with Crippen LogP contribution in [0.3, 0.4) is 0 Å². The third-order valence-electron chi connectivity index (χ3n) is 5.93. The van der Waals surface area contributed by atoms with E-state index in [1.807, 2.05) is 25.3 Å². The van der Waals surface area contributed by atoms with Crippen molar-refractivity contribution < 1.29 is 0 Å². The molecular weight excluding hydrogens is 384 g/mol. The van der Waals surface area contributed by atoms with Crippen molar-refractivity contribution in [3.8, 4) is 11.3 Å². The second-order valence-electron chi connectivity index (χ2n) is 8.94. The maximum absolute atomic E-state index is 13.0. The lowest BCUT2D eigenvalue weighted by Gasteiger charge is -2.35. The fourth-order valence-electron chi connectivity index (χ4n) is 4.67. The Morgan fingerprint density at radius 1 is 1.29 bits per heavy atom. The molecule has 2 aromatic heterocycles. The van der Waals surface area contributed by atoms with Crippen LogP contribution in [0.1, 0.15) is 40.2 Å². The molecule has 0 fully saturated rings. The number of nitrogens with one attached hydrogen (secondary N) is 1. The number of hydrogen-bond acceptors (Lipinski definition) is 3. The number of aromatic nitrogens is 3. The van der Waals surface area contributed by atoms with Crippen LogP contribution in [0.5, 0.6) is 0 Å². The van der Waals surface area contributed by atoms with Crippen molar-refractivity contribution in [1.29, 1.82) is 0 Å². The molecule has 0 saturated heterocycles. The zero-order valence-corrected chi connectivity index (χ0v) is 18.9. The van der Waals surface area contributed by atoms with Crippen molar-refractivity contribution in [3.63, 3.8) is 0 Å². The summed E-state index contributed by atoms with van der Waals surface area (Å²) in [6, 6.07) is 8.23. The minimum Gasteiger partial charge on any atom is -0.360 e. The Morgan fingerprint density at radius 2 is 2.06 bits per heavy atom. The lowest BCUT2D eigenvalue weighted by Crippen LogP contribution is -2.45. The minimum absolute atomic E-state index is 0.00945. The highest BCUT2D eigenvalue weighted by Crippen LogP contribution is 2.35. The van der Waals surface area contributed by atoms with Crippen LogP contribution < -0.4 is 10.5 Å². The topological polar surface area (TPSA) is 53.9 Å². The summed E-state index contributed by atoms with van der Waals surface area (Å²) >= 11 is 0. The molecule has 0 atom stereocenters. The molecule has 31 heavy (non-hydrogen) atoms. The highest BCUT2D eigenvalue weighted by atomic mass is 16.1. The molecule has 1 N–H and O–H groups in total. The van der Waals surface area contributed by atoms with Gasteiger partial charge in [0.05, 0.1) is 17.8 Å². The average Bonchev–Trinajstić information content (AvgIpc) is 3.25. The highest BCUT2D eigenvalue weighted by molar-refractivity contribution is 5.97. The Bertz CT molecular complexity index is 1270. The van der Waals surface area contributed by atoms with Crippen molar-refractivity contribution in [1.82, 2.24) is 14.5 Å². The van der Waals surface area contributed by atoms with E-state index in [0.717, 1.165) is 33.6 Å². The van der Waals surface area contributed by atoms with Gasteiger partial charge in [-0.25, -0.2) is 4.98 Å². The van der Waals surface area contributed by atoms with Gasteiger partial charge in [0.15, 0.2) is 0 Å². The van der Waals surface area contributed by atoms with E-state index < -0.39 is 0 Å². The molecule has 4 rings (SSSR count). The van der Waals surface area contributed by atoms with Crippen LogP contribution >= 0.6 is 0 Å².